The Bertz CT molecular complexity index is 1750. The molecular formula is C34H34F2N3NaO7. The number of benzene rings is 3. The molecule has 0 aliphatic heterocycles. The standard InChI is InChI=1S/C34H33F2N3O7.Na.H/c1-44-29-19-24-26(20-30(29)45-17-5-3-2-4-6-31(40)41)37-16-13-27(24)46-28-12-11-23(18-25(28)36)39-33(43)34(14-15-34)32(42)38-22-9-7-21(35)8-10-22;;/h7-13,16,18-20H,2-6,14-15,17H2,1H3,(H,38,42)(H,39,43)(H,40,41);;. The number of carboxylic acids is 1. The molecule has 1 saturated carbocycles. The Labute approximate surface area is 292 Å². The maximum atomic E-state index is 15.2. The van der Waals surface area contributed by atoms with E-state index in [9.17, 15) is 18.8 Å². The predicted molar refractivity (Wildman–Crippen MR) is 173 cm³/mol. The summed E-state index contributed by atoms with van der Waals surface area (Å²) in [6, 6.07) is 14.2. The molecular weight excluding hydrogens is 623 g/mol. The van der Waals surface area contributed by atoms with Gasteiger partial charge in [-0.05, 0) is 74.2 Å². The molecule has 10 nitrogen and oxygen atoms in total. The van der Waals surface area contributed by atoms with Gasteiger partial charge in [-0.1, -0.05) is 12.8 Å². The summed E-state index contributed by atoms with van der Waals surface area (Å²) in [5, 5.41) is 14.6. The van der Waals surface area contributed by atoms with Gasteiger partial charge in [0.05, 0.1) is 19.2 Å². The van der Waals surface area contributed by atoms with Crippen molar-refractivity contribution in [2.75, 3.05) is 24.4 Å². The maximum absolute atomic E-state index is 15.2. The molecule has 0 unspecified atom stereocenters. The predicted octanol–water partition coefficient (Wildman–Crippen LogP) is 6.44. The van der Waals surface area contributed by atoms with Gasteiger partial charge in [-0.15, -0.1) is 0 Å². The van der Waals surface area contributed by atoms with Crippen LogP contribution in [0.25, 0.3) is 10.9 Å². The van der Waals surface area contributed by atoms with E-state index >= 15 is 4.39 Å². The summed E-state index contributed by atoms with van der Waals surface area (Å²) in [5.41, 5.74) is -0.238. The zero-order chi connectivity index (χ0) is 32.7. The topological polar surface area (TPSA) is 136 Å². The van der Waals surface area contributed by atoms with Crippen molar-refractivity contribution in [2.45, 2.75) is 44.9 Å². The minimum atomic E-state index is -1.29. The average molecular weight is 658 g/mol. The number of rotatable bonds is 15. The molecule has 0 bridgehead atoms. The van der Waals surface area contributed by atoms with Gasteiger partial charge in [0, 0.05) is 41.5 Å². The van der Waals surface area contributed by atoms with Crippen molar-refractivity contribution in [3.8, 4) is 23.0 Å². The minimum absolute atomic E-state index is 0. The van der Waals surface area contributed by atoms with E-state index in [4.69, 9.17) is 19.3 Å². The van der Waals surface area contributed by atoms with Crippen LogP contribution in [0.4, 0.5) is 20.2 Å². The van der Waals surface area contributed by atoms with Crippen LogP contribution in [0.5, 0.6) is 23.0 Å². The van der Waals surface area contributed by atoms with Crippen LogP contribution in [-0.4, -0.2) is 71.1 Å². The van der Waals surface area contributed by atoms with Crippen LogP contribution < -0.4 is 24.8 Å². The first kappa shape index (κ1) is 35.6. The number of carbonyl (C=O) groups is 3. The third-order valence-corrected chi connectivity index (χ3v) is 7.66. The zero-order valence-corrected chi connectivity index (χ0v) is 25.1. The van der Waals surface area contributed by atoms with Gasteiger partial charge in [-0.3, -0.25) is 19.4 Å². The molecule has 1 fully saturated rings. The summed E-state index contributed by atoms with van der Waals surface area (Å²) in [6.07, 6.45) is 5.34. The van der Waals surface area contributed by atoms with Crippen molar-refractivity contribution in [3.05, 3.63) is 78.5 Å². The number of aliphatic carboxylic acids is 1. The van der Waals surface area contributed by atoms with Crippen molar-refractivity contribution < 1.29 is 42.5 Å². The van der Waals surface area contributed by atoms with E-state index in [1.54, 1.807) is 18.2 Å². The molecule has 1 heterocycles. The van der Waals surface area contributed by atoms with E-state index in [1.165, 1.54) is 49.7 Å². The number of nitrogens with one attached hydrogen (secondary N) is 2. The Morgan fingerprint density at radius 3 is 2.17 bits per heavy atom. The van der Waals surface area contributed by atoms with Crippen molar-refractivity contribution >= 4 is 69.6 Å². The molecule has 1 aromatic heterocycles. The summed E-state index contributed by atoms with van der Waals surface area (Å²) in [7, 11) is 1.50. The number of halogens is 2. The molecule has 5 rings (SSSR count). The number of anilines is 2. The molecule has 3 N–H and O–H groups in total. The van der Waals surface area contributed by atoms with E-state index < -0.39 is 34.8 Å². The molecule has 1 aliphatic carbocycles. The Balaban J connectivity index is 0.00000500. The monoisotopic (exact) mass is 657 g/mol. The van der Waals surface area contributed by atoms with Crippen molar-refractivity contribution in [2.24, 2.45) is 5.41 Å². The normalized spacial score (nSPS) is 12.8. The summed E-state index contributed by atoms with van der Waals surface area (Å²) in [6.45, 7) is 0.416. The molecule has 3 aromatic carbocycles. The zero-order valence-electron chi connectivity index (χ0n) is 25.1. The second-order valence-corrected chi connectivity index (χ2v) is 11.0. The SMILES string of the molecule is COc1cc2c(Oc3ccc(NC(=O)C4(C(=O)Nc5ccc(F)cc5)CC4)cc3F)ccnc2cc1OCCCCCCC(=O)O.[NaH]. The molecule has 242 valence electrons. The van der Waals surface area contributed by atoms with Crippen LogP contribution >= 0.6 is 0 Å². The van der Waals surface area contributed by atoms with Gasteiger partial charge in [0.25, 0.3) is 0 Å². The number of unbranched alkanes of at least 4 members (excludes halogenated alkanes) is 3. The molecule has 4 aromatic rings. The summed E-state index contributed by atoms with van der Waals surface area (Å²) < 4.78 is 45.7. The van der Waals surface area contributed by atoms with E-state index in [1.807, 2.05) is 0 Å². The van der Waals surface area contributed by atoms with E-state index in [0.717, 1.165) is 25.3 Å². The fourth-order valence-electron chi connectivity index (χ4n) is 4.90. The molecule has 13 heteroatoms. The van der Waals surface area contributed by atoms with E-state index in [-0.39, 0.29) is 47.4 Å². The molecule has 2 amide bonds. The van der Waals surface area contributed by atoms with Crippen molar-refractivity contribution in [1.82, 2.24) is 4.98 Å². The van der Waals surface area contributed by atoms with E-state index in [2.05, 4.69) is 15.6 Å². The van der Waals surface area contributed by atoms with Gasteiger partial charge in [0.15, 0.2) is 23.1 Å². The summed E-state index contributed by atoms with van der Waals surface area (Å²) >= 11 is 0. The Morgan fingerprint density at radius 1 is 0.830 bits per heavy atom. The van der Waals surface area contributed by atoms with Crippen molar-refractivity contribution in [1.29, 1.82) is 0 Å². The Hall–Kier alpha value is -4.26. The molecule has 0 atom stereocenters. The first-order valence-electron chi connectivity index (χ1n) is 14.9. The molecule has 0 saturated heterocycles. The third kappa shape index (κ3) is 8.97. The van der Waals surface area contributed by atoms with Gasteiger partial charge in [-0.2, -0.15) is 0 Å². The second-order valence-electron chi connectivity index (χ2n) is 11.0. The number of fused-ring (bicyclic) bond motifs is 1. The first-order chi connectivity index (χ1) is 22.2. The number of pyridine rings is 1. The van der Waals surface area contributed by atoms with Crippen LogP contribution in [0.3, 0.4) is 0 Å². The van der Waals surface area contributed by atoms with Crippen LogP contribution in [0, 0.1) is 17.0 Å². The number of carboxylic acid groups (broad SMARTS) is 1. The van der Waals surface area contributed by atoms with Crippen LogP contribution in [0.15, 0.2) is 66.9 Å². The number of amides is 2. The number of aromatic nitrogens is 1. The molecule has 47 heavy (non-hydrogen) atoms. The van der Waals surface area contributed by atoms with Gasteiger partial charge < -0.3 is 30.0 Å². The number of carbonyl (C=O) groups excluding carboxylic acids is 2. The van der Waals surface area contributed by atoms with Crippen LogP contribution in [0.2, 0.25) is 0 Å². The number of nitrogens with zero attached hydrogens (tertiary/aromatic N) is 1. The fourth-order valence-corrected chi connectivity index (χ4v) is 4.90. The number of methoxy groups -OCH3 is 1. The summed E-state index contributed by atoms with van der Waals surface area (Å²) in [5.74, 6) is -1.92. The number of hydrogen-bond acceptors (Lipinski definition) is 7. The van der Waals surface area contributed by atoms with Gasteiger partial charge in [0.1, 0.15) is 17.0 Å². The van der Waals surface area contributed by atoms with Gasteiger partial charge in [0.2, 0.25) is 11.8 Å². The number of ether oxygens (including phenoxy) is 3. The average Bonchev–Trinajstić information content (AvgIpc) is 3.85. The van der Waals surface area contributed by atoms with E-state index in [0.29, 0.717) is 59.7 Å². The van der Waals surface area contributed by atoms with Gasteiger partial charge >= 0.3 is 35.5 Å². The first-order valence-corrected chi connectivity index (χ1v) is 14.9. The van der Waals surface area contributed by atoms with Crippen LogP contribution in [-0.2, 0) is 14.4 Å². The Morgan fingerprint density at radius 2 is 1.51 bits per heavy atom. The van der Waals surface area contributed by atoms with Gasteiger partial charge in [-0.25, -0.2) is 8.78 Å². The summed E-state index contributed by atoms with van der Waals surface area (Å²) in [4.78, 5) is 40.9. The quantitative estimate of drug-likeness (QED) is 0.0756. The Kier molecular flexibility index (Phi) is 12.1. The number of hydrogen-bond donors (Lipinski definition) is 3. The van der Waals surface area contributed by atoms with Crippen LogP contribution in [0.1, 0.15) is 44.9 Å². The molecule has 0 radical (unpaired) electrons. The molecule has 0 spiro atoms. The van der Waals surface area contributed by atoms with Crippen molar-refractivity contribution in [3.63, 3.8) is 0 Å². The molecule has 1 aliphatic rings. The second kappa shape index (κ2) is 16.0. The fraction of sp³-hybridized carbons (Fsp3) is 0.294. The third-order valence-electron chi connectivity index (χ3n) is 7.66.